The van der Waals surface area contributed by atoms with Gasteiger partial charge in [0, 0.05) is 12.1 Å². The van der Waals surface area contributed by atoms with Crippen molar-refractivity contribution < 1.29 is 18.3 Å². The number of hydrogen-bond donors (Lipinski definition) is 2. The maximum atomic E-state index is 11.3. The first-order chi connectivity index (χ1) is 6.52. The first-order valence-electron chi connectivity index (χ1n) is 3.87. The third-order valence-electron chi connectivity index (χ3n) is 2.09. The SMILES string of the molecule is O=C(O)c1cccc2c1CNS2(=O)=O. The topological polar surface area (TPSA) is 83.5 Å². The Balaban J connectivity index is 2.74. The number of rotatable bonds is 1. The van der Waals surface area contributed by atoms with Crippen molar-refractivity contribution in [3.8, 4) is 0 Å². The number of carboxylic acid groups (broad SMARTS) is 1. The predicted molar refractivity (Wildman–Crippen MR) is 47.4 cm³/mol. The summed E-state index contributed by atoms with van der Waals surface area (Å²) in [6.07, 6.45) is 0. The van der Waals surface area contributed by atoms with Gasteiger partial charge in [-0.25, -0.2) is 17.9 Å². The van der Waals surface area contributed by atoms with E-state index in [9.17, 15) is 13.2 Å². The minimum atomic E-state index is -3.47. The van der Waals surface area contributed by atoms with Crippen LogP contribution in [0.15, 0.2) is 23.1 Å². The smallest absolute Gasteiger partial charge is 0.336 e. The van der Waals surface area contributed by atoms with Gasteiger partial charge < -0.3 is 5.11 Å². The minimum absolute atomic E-state index is 0.0380. The molecule has 2 rings (SSSR count). The molecule has 0 amide bonds. The van der Waals surface area contributed by atoms with Crippen LogP contribution in [0.5, 0.6) is 0 Å². The van der Waals surface area contributed by atoms with Crippen molar-refractivity contribution in [1.82, 2.24) is 4.72 Å². The molecule has 0 unspecified atom stereocenters. The van der Waals surface area contributed by atoms with Crippen LogP contribution in [0.25, 0.3) is 0 Å². The highest BCUT2D eigenvalue weighted by Gasteiger charge is 2.28. The molecule has 0 atom stereocenters. The van der Waals surface area contributed by atoms with Crippen molar-refractivity contribution in [2.24, 2.45) is 0 Å². The zero-order valence-corrected chi connectivity index (χ0v) is 7.84. The maximum absolute atomic E-state index is 11.3. The standard InChI is InChI=1S/C8H7NO4S/c10-8(11)5-2-1-3-7-6(5)4-9-14(7,12)13/h1-3,9H,4H2,(H,10,11). The van der Waals surface area contributed by atoms with E-state index in [4.69, 9.17) is 5.11 Å². The molecule has 1 aromatic rings. The van der Waals surface area contributed by atoms with Crippen LogP contribution in [0.4, 0.5) is 0 Å². The number of carboxylic acids is 1. The Morgan fingerprint density at radius 2 is 2.14 bits per heavy atom. The molecule has 1 heterocycles. The lowest BCUT2D eigenvalue weighted by molar-refractivity contribution is 0.0695. The fourth-order valence-electron chi connectivity index (χ4n) is 1.45. The number of hydrogen-bond acceptors (Lipinski definition) is 3. The van der Waals surface area contributed by atoms with Crippen LogP contribution in [0.3, 0.4) is 0 Å². The molecule has 74 valence electrons. The summed E-state index contributed by atoms with van der Waals surface area (Å²) in [5.74, 6) is -1.11. The summed E-state index contributed by atoms with van der Waals surface area (Å²) >= 11 is 0. The number of aromatic carboxylic acids is 1. The number of carbonyl (C=O) groups is 1. The molecular weight excluding hydrogens is 206 g/mol. The normalized spacial score (nSPS) is 17.7. The molecule has 1 aliphatic rings. The second-order valence-electron chi connectivity index (χ2n) is 2.91. The number of fused-ring (bicyclic) bond motifs is 1. The number of benzene rings is 1. The van der Waals surface area contributed by atoms with Crippen LogP contribution in [0.2, 0.25) is 0 Å². The average Bonchev–Trinajstić information content (AvgIpc) is 2.42. The van der Waals surface area contributed by atoms with Gasteiger partial charge in [-0.2, -0.15) is 0 Å². The van der Waals surface area contributed by atoms with E-state index in [0.29, 0.717) is 5.56 Å². The van der Waals surface area contributed by atoms with Gasteiger partial charge in [-0.3, -0.25) is 0 Å². The largest absolute Gasteiger partial charge is 0.478 e. The fraction of sp³-hybridized carbons (Fsp3) is 0.125. The van der Waals surface area contributed by atoms with E-state index in [1.165, 1.54) is 18.2 Å². The Kier molecular flexibility index (Phi) is 1.83. The molecule has 1 aromatic carbocycles. The predicted octanol–water partition coefficient (Wildman–Crippen LogP) is 0.177. The highest BCUT2D eigenvalue weighted by Crippen LogP contribution is 2.25. The first-order valence-corrected chi connectivity index (χ1v) is 5.35. The van der Waals surface area contributed by atoms with Crippen molar-refractivity contribution in [3.63, 3.8) is 0 Å². The van der Waals surface area contributed by atoms with Crippen molar-refractivity contribution in [2.75, 3.05) is 0 Å². The molecular formula is C8H7NO4S. The molecule has 2 N–H and O–H groups in total. The lowest BCUT2D eigenvalue weighted by Gasteiger charge is -2.00. The number of sulfonamides is 1. The number of nitrogens with one attached hydrogen (secondary N) is 1. The maximum Gasteiger partial charge on any atom is 0.336 e. The Labute approximate surface area is 80.4 Å². The molecule has 0 aliphatic carbocycles. The van der Waals surface area contributed by atoms with E-state index < -0.39 is 16.0 Å². The van der Waals surface area contributed by atoms with Crippen LogP contribution < -0.4 is 4.72 Å². The van der Waals surface area contributed by atoms with Crippen LogP contribution in [0.1, 0.15) is 15.9 Å². The van der Waals surface area contributed by atoms with Crippen molar-refractivity contribution in [1.29, 1.82) is 0 Å². The zero-order valence-electron chi connectivity index (χ0n) is 7.02. The Hall–Kier alpha value is -1.40. The molecule has 14 heavy (non-hydrogen) atoms. The molecule has 0 fully saturated rings. The third-order valence-corrected chi connectivity index (χ3v) is 3.58. The summed E-state index contributed by atoms with van der Waals surface area (Å²) in [6, 6.07) is 4.22. The molecule has 1 aliphatic heterocycles. The molecule has 0 radical (unpaired) electrons. The minimum Gasteiger partial charge on any atom is -0.478 e. The summed E-state index contributed by atoms with van der Waals surface area (Å²) in [5.41, 5.74) is 0.371. The average molecular weight is 213 g/mol. The van der Waals surface area contributed by atoms with Gasteiger partial charge in [-0.15, -0.1) is 0 Å². The monoisotopic (exact) mass is 213 g/mol. The van der Waals surface area contributed by atoms with Gasteiger partial charge in [0.1, 0.15) is 0 Å². The lowest BCUT2D eigenvalue weighted by Crippen LogP contribution is -2.13. The zero-order chi connectivity index (χ0) is 10.3. The third kappa shape index (κ3) is 1.19. The van der Waals surface area contributed by atoms with E-state index in [1.807, 2.05) is 0 Å². The Bertz CT molecular complexity index is 506. The fourth-order valence-corrected chi connectivity index (χ4v) is 2.70. The van der Waals surface area contributed by atoms with Crippen LogP contribution >= 0.6 is 0 Å². The molecule has 0 aromatic heterocycles. The molecule has 5 nitrogen and oxygen atoms in total. The van der Waals surface area contributed by atoms with E-state index >= 15 is 0 Å². The summed E-state index contributed by atoms with van der Waals surface area (Å²) in [7, 11) is -3.47. The molecule has 0 spiro atoms. The highest BCUT2D eigenvalue weighted by atomic mass is 32.2. The van der Waals surface area contributed by atoms with Crippen molar-refractivity contribution >= 4 is 16.0 Å². The van der Waals surface area contributed by atoms with Gasteiger partial charge in [0.15, 0.2) is 0 Å². The molecule has 0 bridgehead atoms. The van der Waals surface area contributed by atoms with E-state index in [1.54, 1.807) is 0 Å². The second kappa shape index (κ2) is 2.79. The van der Waals surface area contributed by atoms with Crippen LogP contribution in [-0.4, -0.2) is 19.5 Å². The molecule has 6 heteroatoms. The summed E-state index contributed by atoms with van der Waals surface area (Å²) in [4.78, 5) is 10.8. The summed E-state index contributed by atoms with van der Waals surface area (Å²) in [5, 5.41) is 8.80. The van der Waals surface area contributed by atoms with E-state index in [-0.39, 0.29) is 17.0 Å². The van der Waals surface area contributed by atoms with Crippen molar-refractivity contribution in [2.45, 2.75) is 11.4 Å². The van der Waals surface area contributed by atoms with Gasteiger partial charge in [-0.1, -0.05) is 6.07 Å². The highest BCUT2D eigenvalue weighted by molar-refractivity contribution is 7.89. The van der Waals surface area contributed by atoms with Crippen LogP contribution in [-0.2, 0) is 16.6 Å². The van der Waals surface area contributed by atoms with Gasteiger partial charge in [0.25, 0.3) is 0 Å². The van der Waals surface area contributed by atoms with E-state index in [0.717, 1.165) is 0 Å². The lowest BCUT2D eigenvalue weighted by atomic mass is 10.1. The molecule has 0 saturated carbocycles. The first kappa shape index (κ1) is 9.17. The van der Waals surface area contributed by atoms with Gasteiger partial charge >= 0.3 is 5.97 Å². The second-order valence-corrected chi connectivity index (χ2v) is 4.65. The van der Waals surface area contributed by atoms with E-state index in [2.05, 4.69) is 4.72 Å². The Morgan fingerprint density at radius 3 is 2.79 bits per heavy atom. The van der Waals surface area contributed by atoms with Crippen molar-refractivity contribution in [3.05, 3.63) is 29.3 Å². The Morgan fingerprint density at radius 1 is 1.43 bits per heavy atom. The summed E-state index contributed by atoms with van der Waals surface area (Å²) in [6.45, 7) is 0.0557. The van der Waals surface area contributed by atoms with Crippen LogP contribution in [0, 0.1) is 0 Å². The molecule has 0 saturated heterocycles. The van der Waals surface area contributed by atoms with Gasteiger partial charge in [-0.05, 0) is 12.1 Å². The quantitative estimate of drug-likeness (QED) is 0.696. The van der Waals surface area contributed by atoms with Gasteiger partial charge in [0.2, 0.25) is 10.0 Å². The van der Waals surface area contributed by atoms with Gasteiger partial charge in [0.05, 0.1) is 10.5 Å². The summed E-state index contributed by atoms with van der Waals surface area (Å²) < 4.78 is 24.9.